The standard InChI is InChI=1S/C18H26O3S/c1-3-4-5-6-7-8-9-10-15-22(20,21)18-13-11-17(12-14-18)16(2)19/h3,11-14H,1,4-10,15H2,2H3. The second-order valence-electron chi connectivity index (χ2n) is 5.60. The van der Waals surface area contributed by atoms with E-state index in [1.165, 1.54) is 31.9 Å². The lowest BCUT2D eigenvalue weighted by atomic mass is 10.1. The Bertz CT molecular complexity index is 571. The molecule has 0 aliphatic heterocycles. The summed E-state index contributed by atoms with van der Waals surface area (Å²) >= 11 is 0. The van der Waals surface area contributed by atoms with Crippen molar-refractivity contribution in [1.29, 1.82) is 0 Å². The minimum absolute atomic E-state index is 0.0552. The van der Waals surface area contributed by atoms with Crippen molar-refractivity contribution in [2.45, 2.75) is 56.8 Å². The zero-order valence-corrected chi connectivity index (χ0v) is 14.2. The third-order valence-electron chi connectivity index (χ3n) is 3.69. The molecule has 0 radical (unpaired) electrons. The molecule has 0 atom stereocenters. The van der Waals surface area contributed by atoms with E-state index in [0.29, 0.717) is 16.9 Å². The van der Waals surface area contributed by atoms with Crippen LogP contribution >= 0.6 is 0 Å². The van der Waals surface area contributed by atoms with E-state index in [4.69, 9.17) is 0 Å². The Morgan fingerprint density at radius 1 is 1.00 bits per heavy atom. The average Bonchev–Trinajstić information content (AvgIpc) is 2.50. The lowest BCUT2D eigenvalue weighted by molar-refractivity contribution is 0.101. The number of ketones is 1. The molecular formula is C18H26O3S. The molecule has 4 heteroatoms. The van der Waals surface area contributed by atoms with Gasteiger partial charge in [-0.3, -0.25) is 4.79 Å². The van der Waals surface area contributed by atoms with Gasteiger partial charge in [-0.25, -0.2) is 8.42 Å². The molecule has 0 aromatic heterocycles. The Morgan fingerprint density at radius 2 is 1.55 bits per heavy atom. The van der Waals surface area contributed by atoms with Gasteiger partial charge >= 0.3 is 0 Å². The fraction of sp³-hybridized carbons (Fsp3) is 0.500. The summed E-state index contributed by atoms with van der Waals surface area (Å²) in [5.41, 5.74) is 0.540. The van der Waals surface area contributed by atoms with Gasteiger partial charge in [0, 0.05) is 5.56 Å². The van der Waals surface area contributed by atoms with Gasteiger partial charge in [-0.05, 0) is 38.3 Å². The van der Waals surface area contributed by atoms with Crippen LogP contribution in [0.4, 0.5) is 0 Å². The summed E-state index contributed by atoms with van der Waals surface area (Å²) in [6.45, 7) is 5.16. The number of carbonyl (C=O) groups is 1. The number of allylic oxidation sites excluding steroid dienone is 1. The second-order valence-corrected chi connectivity index (χ2v) is 7.71. The highest BCUT2D eigenvalue weighted by Gasteiger charge is 2.14. The van der Waals surface area contributed by atoms with Crippen LogP contribution in [0.2, 0.25) is 0 Å². The van der Waals surface area contributed by atoms with Gasteiger partial charge < -0.3 is 0 Å². The highest BCUT2D eigenvalue weighted by atomic mass is 32.2. The maximum absolute atomic E-state index is 12.2. The van der Waals surface area contributed by atoms with Crippen LogP contribution in [-0.2, 0) is 9.84 Å². The van der Waals surface area contributed by atoms with Crippen LogP contribution in [0.15, 0.2) is 41.8 Å². The van der Waals surface area contributed by atoms with Crippen molar-refractivity contribution in [3.8, 4) is 0 Å². The fourth-order valence-corrected chi connectivity index (χ4v) is 3.67. The summed E-state index contributed by atoms with van der Waals surface area (Å²) in [7, 11) is -3.23. The summed E-state index contributed by atoms with van der Waals surface area (Å²) in [4.78, 5) is 11.5. The van der Waals surface area contributed by atoms with E-state index < -0.39 is 9.84 Å². The molecule has 0 bridgehead atoms. The molecule has 0 aliphatic rings. The van der Waals surface area contributed by atoms with Crippen LogP contribution in [0, 0.1) is 0 Å². The van der Waals surface area contributed by atoms with Crippen molar-refractivity contribution in [2.24, 2.45) is 0 Å². The number of unbranched alkanes of at least 4 members (excludes halogenated alkanes) is 6. The molecular weight excluding hydrogens is 296 g/mol. The largest absolute Gasteiger partial charge is 0.295 e. The van der Waals surface area contributed by atoms with Gasteiger partial charge in [0.15, 0.2) is 15.6 Å². The van der Waals surface area contributed by atoms with Gasteiger partial charge in [-0.1, -0.05) is 43.9 Å². The minimum Gasteiger partial charge on any atom is -0.295 e. The number of hydrogen-bond donors (Lipinski definition) is 0. The molecule has 0 amide bonds. The van der Waals surface area contributed by atoms with E-state index in [-0.39, 0.29) is 11.5 Å². The number of benzene rings is 1. The molecule has 0 heterocycles. The highest BCUT2D eigenvalue weighted by Crippen LogP contribution is 2.15. The highest BCUT2D eigenvalue weighted by molar-refractivity contribution is 7.91. The van der Waals surface area contributed by atoms with Gasteiger partial charge in [0.05, 0.1) is 10.6 Å². The Labute approximate surface area is 134 Å². The number of sulfone groups is 1. The Hall–Kier alpha value is -1.42. The molecule has 0 saturated heterocycles. The van der Waals surface area contributed by atoms with Crippen molar-refractivity contribution in [3.05, 3.63) is 42.5 Å². The number of carbonyl (C=O) groups excluding carboxylic acids is 1. The number of Topliss-reactive ketones (excluding diaryl/α,β-unsaturated/α-hetero) is 1. The summed E-state index contributed by atoms with van der Waals surface area (Å²) in [6, 6.07) is 6.21. The number of rotatable bonds is 11. The quantitative estimate of drug-likeness (QED) is 0.340. The molecule has 3 nitrogen and oxygen atoms in total. The third-order valence-corrected chi connectivity index (χ3v) is 5.51. The van der Waals surface area contributed by atoms with E-state index in [2.05, 4.69) is 6.58 Å². The zero-order chi connectivity index (χ0) is 16.4. The van der Waals surface area contributed by atoms with Gasteiger partial charge in [0.25, 0.3) is 0 Å². The number of hydrogen-bond acceptors (Lipinski definition) is 3. The van der Waals surface area contributed by atoms with Crippen molar-refractivity contribution < 1.29 is 13.2 Å². The van der Waals surface area contributed by atoms with Crippen LogP contribution in [0.3, 0.4) is 0 Å². The van der Waals surface area contributed by atoms with Crippen LogP contribution in [-0.4, -0.2) is 20.0 Å². The van der Waals surface area contributed by atoms with Crippen molar-refractivity contribution in [2.75, 3.05) is 5.75 Å². The Balaban J connectivity index is 2.34. The zero-order valence-electron chi connectivity index (χ0n) is 13.4. The predicted octanol–water partition coefficient (Wildman–Crippen LogP) is 4.58. The van der Waals surface area contributed by atoms with Crippen molar-refractivity contribution in [3.63, 3.8) is 0 Å². The SMILES string of the molecule is C=CCCCCCCCCS(=O)(=O)c1ccc(C(C)=O)cc1. The van der Waals surface area contributed by atoms with Gasteiger partial charge in [0.1, 0.15) is 0 Å². The van der Waals surface area contributed by atoms with Gasteiger partial charge in [0.2, 0.25) is 0 Å². The molecule has 0 N–H and O–H groups in total. The monoisotopic (exact) mass is 322 g/mol. The molecule has 122 valence electrons. The maximum Gasteiger partial charge on any atom is 0.178 e. The van der Waals surface area contributed by atoms with E-state index in [0.717, 1.165) is 25.7 Å². The average molecular weight is 322 g/mol. The molecule has 1 aromatic rings. The van der Waals surface area contributed by atoms with Crippen LogP contribution in [0.1, 0.15) is 62.2 Å². The van der Waals surface area contributed by atoms with Gasteiger partial charge in [-0.2, -0.15) is 0 Å². The summed E-state index contributed by atoms with van der Waals surface area (Å²) in [6.07, 6.45) is 9.22. The van der Waals surface area contributed by atoms with E-state index in [1.54, 1.807) is 12.1 Å². The molecule has 0 unspecified atom stereocenters. The molecule has 1 rings (SSSR count). The van der Waals surface area contributed by atoms with Crippen molar-refractivity contribution in [1.82, 2.24) is 0 Å². The second kappa shape index (κ2) is 9.57. The lowest BCUT2D eigenvalue weighted by Gasteiger charge is -2.05. The van der Waals surface area contributed by atoms with Gasteiger partial charge in [-0.15, -0.1) is 6.58 Å². The Morgan fingerprint density at radius 3 is 2.09 bits per heavy atom. The molecule has 0 saturated carbocycles. The predicted molar refractivity (Wildman–Crippen MR) is 91.0 cm³/mol. The molecule has 22 heavy (non-hydrogen) atoms. The lowest BCUT2D eigenvalue weighted by Crippen LogP contribution is -2.07. The first-order valence-electron chi connectivity index (χ1n) is 7.92. The molecule has 0 aliphatic carbocycles. The molecule has 0 fully saturated rings. The summed E-state index contributed by atoms with van der Waals surface area (Å²) < 4.78 is 24.4. The van der Waals surface area contributed by atoms with Crippen LogP contribution in [0.25, 0.3) is 0 Å². The van der Waals surface area contributed by atoms with E-state index in [9.17, 15) is 13.2 Å². The van der Waals surface area contributed by atoms with Crippen molar-refractivity contribution >= 4 is 15.6 Å². The normalized spacial score (nSPS) is 11.3. The summed E-state index contributed by atoms with van der Waals surface area (Å²) in [5, 5.41) is 0. The first-order valence-corrected chi connectivity index (χ1v) is 9.57. The van der Waals surface area contributed by atoms with Crippen LogP contribution < -0.4 is 0 Å². The maximum atomic E-state index is 12.2. The minimum atomic E-state index is -3.23. The van der Waals surface area contributed by atoms with E-state index in [1.807, 2.05) is 6.08 Å². The van der Waals surface area contributed by atoms with Crippen LogP contribution in [0.5, 0.6) is 0 Å². The molecule has 0 spiro atoms. The topological polar surface area (TPSA) is 51.2 Å². The Kier molecular flexibility index (Phi) is 8.10. The fourth-order valence-electron chi connectivity index (χ4n) is 2.30. The van der Waals surface area contributed by atoms with E-state index >= 15 is 0 Å². The smallest absolute Gasteiger partial charge is 0.178 e. The third kappa shape index (κ3) is 6.56. The first kappa shape index (κ1) is 18.6. The summed E-state index contributed by atoms with van der Waals surface area (Å²) in [5.74, 6) is 0.124. The molecule has 1 aromatic carbocycles. The first-order chi connectivity index (χ1) is 10.5.